The van der Waals surface area contributed by atoms with Gasteiger partial charge in [-0.15, -0.1) is 0 Å². The number of aryl methyl sites for hydroxylation is 2. The Morgan fingerprint density at radius 1 is 1.36 bits per heavy atom. The molecule has 0 radical (unpaired) electrons. The van der Waals surface area contributed by atoms with E-state index in [4.69, 9.17) is 0 Å². The van der Waals surface area contributed by atoms with Crippen LogP contribution >= 0.6 is 11.3 Å². The lowest BCUT2D eigenvalue weighted by molar-refractivity contribution is -0.698. The highest BCUT2D eigenvalue weighted by Crippen LogP contribution is 2.11. The van der Waals surface area contributed by atoms with Crippen LogP contribution in [0.15, 0.2) is 10.9 Å². The zero-order valence-electron chi connectivity index (χ0n) is 9.51. The third kappa shape index (κ3) is 5.46. The molecule has 0 atom stereocenters. The molecule has 0 aromatic carbocycles. The standard InChI is InChI=1S/C10H20NSSi.HI/c1-10-8-12-9-11(10)6-5-7-13(2,3)4;/h8-9H,5-7H2,1-4H3;1H/q+1;/p-1. The maximum absolute atomic E-state index is 2.44. The average Bonchev–Trinajstić information content (AvgIpc) is 2.34. The molecule has 1 heterocycles. The minimum Gasteiger partial charge on any atom is -1.00 e. The molecule has 1 aromatic rings. The highest BCUT2D eigenvalue weighted by Gasteiger charge is 2.14. The molecule has 0 saturated carbocycles. The van der Waals surface area contributed by atoms with Gasteiger partial charge in [0.2, 0.25) is 5.51 Å². The number of nitrogens with zero attached hydrogens (tertiary/aromatic N) is 1. The summed E-state index contributed by atoms with van der Waals surface area (Å²) in [6.07, 6.45) is 1.35. The van der Waals surface area contributed by atoms with Gasteiger partial charge < -0.3 is 24.0 Å². The van der Waals surface area contributed by atoms with Gasteiger partial charge in [0.1, 0.15) is 6.54 Å². The predicted octanol–water partition coefficient (Wildman–Crippen LogP) is 0.0763. The van der Waals surface area contributed by atoms with Gasteiger partial charge in [-0.1, -0.05) is 37.0 Å². The summed E-state index contributed by atoms with van der Waals surface area (Å²) in [7, 11) is -0.818. The van der Waals surface area contributed by atoms with Crippen LogP contribution in [0, 0.1) is 6.92 Å². The Morgan fingerprint density at radius 2 is 2.00 bits per heavy atom. The molecule has 0 bridgehead atoms. The van der Waals surface area contributed by atoms with Gasteiger partial charge in [-0.05, 0) is 0 Å². The van der Waals surface area contributed by atoms with E-state index in [1.54, 1.807) is 11.3 Å². The van der Waals surface area contributed by atoms with Crippen molar-refractivity contribution in [2.24, 2.45) is 0 Å². The SMILES string of the molecule is Cc1csc[n+]1CCC[Si](C)(C)C.[I-]. The lowest BCUT2D eigenvalue weighted by Gasteiger charge is -2.13. The normalized spacial score (nSPS) is 11.1. The minimum absolute atomic E-state index is 0. The molecule has 0 saturated heterocycles. The summed E-state index contributed by atoms with van der Waals surface area (Å²) in [5, 5.41) is 2.22. The number of hydrogen-bond acceptors (Lipinski definition) is 1. The number of hydrogen-bond donors (Lipinski definition) is 0. The van der Waals surface area contributed by atoms with Crippen molar-refractivity contribution in [1.82, 2.24) is 0 Å². The molecule has 0 amide bonds. The van der Waals surface area contributed by atoms with Gasteiger partial charge in [0.25, 0.3) is 0 Å². The Balaban J connectivity index is 0.00000169. The summed E-state index contributed by atoms with van der Waals surface area (Å²) in [5.74, 6) is 0. The van der Waals surface area contributed by atoms with Gasteiger partial charge in [0.15, 0.2) is 5.69 Å². The molecule has 0 aliphatic rings. The van der Waals surface area contributed by atoms with Crippen molar-refractivity contribution in [2.75, 3.05) is 0 Å². The van der Waals surface area contributed by atoms with Gasteiger partial charge in [-0.25, -0.2) is 0 Å². The van der Waals surface area contributed by atoms with Crippen molar-refractivity contribution in [3.05, 3.63) is 16.6 Å². The third-order valence-electron chi connectivity index (χ3n) is 2.21. The van der Waals surface area contributed by atoms with Crippen molar-refractivity contribution < 1.29 is 28.5 Å². The quantitative estimate of drug-likeness (QED) is 0.415. The second-order valence-electron chi connectivity index (χ2n) is 4.86. The lowest BCUT2D eigenvalue weighted by Crippen LogP contribution is -3.00. The van der Waals surface area contributed by atoms with Gasteiger partial charge in [0, 0.05) is 21.4 Å². The minimum atomic E-state index is -0.818. The Hall–Kier alpha value is 0.577. The first-order valence-electron chi connectivity index (χ1n) is 4.91. The zero-order valence-corrected chi connectivity index (χ0v) is 13.5. The first kappa shape index (κ1) is 14.6. The van der Waals surface area contributed by atoms with Crippen LogP contribution < -0.4 is 28.5 Å². The molecule has 0 aliphatic heterocycles. The van der Waals surface area contributed by atoms with Gasteiger partial charge >= 0.3 is 0 Å². The molecular formula is C10H20INSSi. The first-order valence-corrected chi connectivity index (χ1v) is 9.56. The van der Waals surface area contributed by atoms with Crippen LogP contribution in [-0.2, 0) is 6.54 Å². The van der Waals surface area contributed by atoms with Gasteiger partial charge in [-0.2, -0.15) is 4.57 Å². The predicted molar refractivity (Wildman–Crippen MR) is 62.0 cm³/mol. The van der Waals surface area contributed by atoms with E-state index in [1.165, 1.54) is 24.7 Å². The van der Waals surface area contributed by atoms with Crippen molar-refractivity contribution in [1.29, 1.82) is 0 Å². The van der Waals surface area contributed by atoms with E-state index in [0.717, 1.165) is 0 Å². The van der Waals surface area contributed by atoms with Crippen LogP contribution in [0.5, 0.6) is 0 Å². The summed E-state index contributed by atoms with van der Waals surface area (Å²) in [6, 6.07) is 1.44. The van der Waals surface area contributed by atoms with Crippen molar-refractivity contribution in [2.45, 2.75) is 45.6 Å². The van der Waals surface area contributed by atoms with E-state index in [1.807, 2.05) is 0 Å². The van der Waals surface area contributed by atoms with Gasteiger partial charge in [0.05, 0.1) is 5.38 Å². The first-order chi connectivity index (χ1) is 5.99. The van der Waals surface area contributed by atoms with E-state index in [0.29, 0.717) is 0 Å². The lowest BCUT2D eigenvalue weighted by atomic mass is 10.4. The maximum atomic E-state index is 2.44. The summed E-state index contributed by atoms with van der Waals surface area (Å²) < 4.78 is 2.37. The molecule has 0 aliphatic carbocycles. The monoisotopic (exact) mass is 341 g/mol. The molecular weight excluding hydrogens is 321 g/mol. The molecule has 0 N–H and O–H groups in total. The summed E-state index contributed by atoms with van der Waals surface area (Å²) in [5.41, 5.74) is 3.63. The van der Waals surface area contributed by atoms with Crippen molar-refractivity contribution in [3.8, 4) is 0 Å². The third-order valence-corrected chi connectivity index (χ3v) is 4.91. The van der Waals surface area contributed by atoms with Crippen LogP contribution in [0.3, 0.4) is 0 Å². The Kier molecular flexibility index (Phi) is 6.48. The van der Waals surface area contributed by atoms with E-state index in [9.17, 15) is 0 Å². The van der Waals surface area contributed by atoms with E-state index in [-0.39, 0.29) is 24.0 Å². The second kappa shape index (κ2) is 6.22. The average molecular weight is 341 g/mol. The fraction of sp³-hybridized carbons (Fsp3) is 0.700. The summed E-state index contributed by atoms with van der Waals surface area (Å²) in [6.45, 7) is 10.7. The van der Waals surface area contributed by atoms with Crippen LogP contribution in [0.4, 0.5) is 0 Å². The molecule has 4 heteroatoms. The largest absolute Gasteiger partial charge is 1.00 e. The Morgan fingerprint density at radius 3 is 2.43 bits per heavy atom. The Bertz CT molecular complexity index is 267. The molecule has 14 heavy (non-hydrogen) atoms. The van der Waals surface area contributed by atoms with Crippen LogP contribution in [0.1, 0.15) is 12.1 Å². The molecule has 1 rings (SSSR count). The second-order valence-corrected chi connectivity index (χ2v) is 11.2. The molecule has 1 nitrogen and oxygen atoms in total. The van der Waals surface area contributed by atoms with Crippen LogP contribution in [0.25, 0.3) is 0 Å². The molecule has 0 unspecified atom stereocenters. The topological polar surface area (TPSA) is 3.88 Å². The fourth-order valence-electron chi connectivity index (χ4n) is 1.36. The molecule has 82 valence electrons. The van der Waals surface area contributed by atoms with E-state index >= 15 is 0 Å². The molecule has 0 fully saturated rings. The summed E-state index contributed by atoms with van der Waals surface area (Å²) >= 11 is 1.80. The summed E-state index contributed by atoms with van der Waals surface area (Å²) in [4.78, 5) is 0. The fourth-order valence-corrected chi connectivity index (χ4v) is 3.39. The smallest absolute Gasteiger partial charge is 0.224 e. The van der Waals surface area contributed by atoms with Crippen molar-refractivity contribution in [3.63, 3.8) is 0 Å². The van der Waals surface area contributed by atoms with Crippen LogP contribution in [-0.4, -0.2) is 8.07 Å². The zero-order chi connectivity index (χ0) is 9.90. The van der Waals surface area contributed by atoms with Crippen molar-refractivity contribution >= 4 is 19.4 Å². The molecule has 0 spiro atoms. The highest BCUT2D eigenvalue weighted by molar-refractivity contribution is 7.07. The Labute approximate surface area is 110 Å². The van der Waals surface area contributed by atoms with Gasteiger partial charge in [-0.3, -0.25) is 0 Å². The maximum Gasteiger partial charge on any atom is 0.224 e. The molecule has 1 aromatic heterocycles. The number of rotatable bonds is 4. The highest BCUT2D eigenvalue weighted by atomic mass is 127. The number of thiazole rings is 1. The van der Waals surface area contributed by atoms with E-state index < -0.39 is 8.07 Å². The number of aromatic nitrogens is 1. The van der Waals surface area contributed by atoms with E-state index in [2.05, 4.69) is 42.0 Å². The number of halogens is 1. The van der Waals surface area contributed by atoms with Crippen LogP contribution in [0.2, 0.25) is 25.7 Å².